The number of aryl methyl sites for hydroxylation is 1. The van der Waals surface area contributed by atoms with E-state index in [0.717, 1.165) is 12.2 Å². The summed E-state index contributed by atoms with van der Waals surface area (Å²) in [5.41, 5.74) is 3.49. The first-order chi connectivity index (χ1) is 17.6. The fourth-order valence-electron chi connectivity index (χ4n) is 4.26. The number of carbonyl (C=O) groups excluding carboxylic acids is 2. The third kappa shape index (κ3) is 7.70. The number of benzene rings is 2. The molecule has 7 heteroatoms. The number of hydrogen-bond acceptors (Lipinski definition) is 4. The van der Waals surface area contributed by atoms with Gasteiger partial charge in [-0.15, -0.1) is 0 Å². The number of rotatable bonds is 11. The van der Waals surface area contributed by atoms with Gasteiger partial charge in [-0.05, 0) is 63.6 Å². The number of carbonyl (C=O) groups is 2. The number of nitrogens with zero attached hydrogens (tertiary/aromatic N) is 3. The van der Waals surface area contributed by atoms with Crippen molar-refractivity contribution in [1.82, 2.24) is 14.4 Å². The number of aromatic nitrogens is 1. The quantitative estimate of drug-likeness (QED) is 0.377. The number of hydrogen-bond donors (Lipinski definition) is 0. The Kier molecular flexibility index (Phi) is 9.53. The molecule has 0 radical (unpaired) electrons. The first-order valence-corrected chi connectivity index (χ1v) is 12.5. The molecule has 1 aromatic heterocycles. The van der Waals surface area contributed by atoms with Gasteiger partial charge < -0.3 is 23.8 Å². The summed E-state index contributed by atoms with van der Waals surface area (Å²) in [5, 5.41) is 0. The van der Waals surface area contributed by atoms with E-state index in [1.54, 1.807) is 43.4 Å². The van der Waals surface area contributed by atoms with Gasteiger partial charge in [0.2, 0.25) is 5.91 Å². The molecule has 2 amide bonds. The van der Waals surface area contributed by atoms with E-state index in [9.17, 15) is 9.59 Å². The van der Waals surface area contributed by atoms with Crippen molar-refractivity contribution < 1.29 is 19.1 Å². The van der Waals surface area contributed by atoms with E-state index < -0.39 is 5.54 Å². The molecule has 0 saturated carbocycles. The summed E-state index contributed by atoms with van der Waals surface area (Å²) >= 11 is 0. The van der Waals surface area contributed by atoms with Gasteiger partial charge in [0.25, 0.3) is 5.91 Å². The molecule has 0 aliphatic carbocycles. The lowest BCUT2D eigenvalue weighted by Gasteiger charge is -2.37. The topological polar surface area (TPSA) is 64.0 Å². The number of ether oxygens (including phenoxy) is 2. The van der Waals surface area contributed by atoms with Crippen LogP contribution < -0.4 is 4.74 Å². The molecule has 0 fully saturated rings. The minimum absolute atomic E-state index is 0.0464. The number of amides is 2. The fourth-order valence-corrected chi connectivity index (χ4v) is 4.26. The van der Waals surface area contributed by atoms with Gasteiger partial charge in [0, 0.05) is 43.2 Å². The maximum absolute atomic E-state index is 13.7. The molecule has 0 N–H and O–H groups in total. The first kappa shape index (κ1) is 28.0. The maximum atomic E-state index is 13.7. The van der Waals surface area contributed by atoms with E-state index in [1.165, 1.54) is 11.1 Å². The summed E-state index contributed by atoms with van der Waals surface area (Å²) in [6.45, 7) is 9.89. The lowest BCUT2D eigenvalue weighted by atomic mass is 10.0. The Balaban J connectivity index is 1.81. The summed E-state index contributed by atoms with van der Waals surface area (Å²) in [6.07, 6.45) is 2.04. The van der Waals surface area contributed by atoms with Crippen molar-refractivity contribution in [2.24, 2.45) is 0 Å². The van der Waals surface area contributed by atoms with Crippen LogP contribution in [0.1, 0.15) is 48.0 Å². The van der Waals surface area contributed by atoms with Crippen LogP contribution in [0.3, 0.4) is 0 Å². The second-order valence-electron chi connectivity index (χ2n) is 10.2. The van der Waals surface area contributed by atoms with E-state index in [4.69, 9.17) is 9.47 Å². The second kappa shape index (κ2) is 12.6. The number of methoxy groups -OCH3 is 2. The summed E-state index contributed by atoms with van der Waals surface area (Å²) in [7, 11) is 3.14. The zero-order valence-electron chi connectivity index (χ0n) is 22.9. The van der Waals surface area contributed by atoms with Gasteiger partial charge in [0.1, 0.15) is 12.3 Å². The van der Waals surface area contributed by atoms with Crippen LogP contribution in [0.2, 0.25) is 0 Å². The van der Waals surface area contributed by atoms with Gasteiger partial charge >= 0.3 is 0 Å². The van der Waals surface area contributed by atoms with E-state index in [1.807, 2.05) is 44.0 Å². The predicted molar refractivity (Wildman–Crippen MR) is 146 cm³/mol. The lowest BCUT2D eigenvalue weighted by Crippen LogP contribution is -2.50. The molecule has 1 heterocycles. The highest BCUT2D eigenvalue weighted by Gasteiger charge is 2.30. The van der Waals surface area contributed by atoms with Crippen molar-refractivity contribution in [3.05, 3.63) is 89.2 Å². The average molecular weight is 506 g/mol. The summed E-state index contributed by atoms with van der Waals surface area (Å²) in [5.74, 6) is 0.235. The van der Waals surface area contributed by atoms with Gasteiger partial charge in [-0.3, -0.25) is 9.59 Å². The maximum Gasteiger partial charge on any atom is 0.254 e. The summed E-state index contributed by atoms with van der Waals surface area (Å²) in [6, 6.07) is 19.5. The van der Waals surface area contributed by atoms with Crippen molar-refractivity contribution in [3.8, 4) is 5.75 Å². The van der Waals surface area contributed by atoms with Gasteiger partial charge in [-0.25, -0.2) is 0 Å². The van der Waals surface area contributed by atoms with Crippen LogP contribution >= 0.6 is 0 Å². The highest BCUT2D eigenvalue weighted by molar-refractivity contribution is 5.97. The molecule has 7 nitrogen and oxygen atoms in total. The smallest absolute Gasteiger partial charge is 0.254 e. The Morgan fingerprint density at radius 1 is 0.973 bits per heavy atom. The van der Waals surface area contributed by atoms with Crippen molar-refractivity contribution in [3.63, 3.8) is 0 Å². The van der Waals surface area contributed by atoms with E-state index in [0.29, 0.717) is 31.0 Å². The molecular weight excluding hydrogens is 466 g/mol. The van der Waals surface area contributed by atoms with Crippen LogP contribution in [-0.4, -0.2) is 65.6 Å². The monoisotopic (exact) mass is 505 g/mol. The Labute approximate surface area is 220 Å². The van der Waals surface area contributed by atoms with E-state index >= 15 is 0 Å². The summed E-state index contributed by atoms with van der Waals surface area (Å²) < 4.78 is 12.7. The average Bonchev–Trinajstić information content (AvgIpc) is 3.30. The SMILES string of the molecule is COCCN(CC(=O)N(Cc1cccn1Cc1cccc(C)c1)C(C)(C)C)C(=O)c1cccc(OC)c1. The van der Waals surface area contributed by atoms with Crippen molar-refractivity contribution in [1.29, 1.82) is 0 Å². The molecule has 37 heavy (non-hydrogen) atoms. The fraction of sp³-hybridized carbons (Fsp3) is 0.400. The minimum atomic E-state index is -0.443. The van der Waals surface area contributed by atoms with Gasteiger partial charge in [0.05, 0.1) is 20.3 Å². The Morgan fingerprint density at radius 3 is 2.41 bits per heavy atom. The van der Waals surface area contributed by atoms with Crippen LogP contribution in [0, 0.1) is 6.92 Å². The van der Waals surface area contributed by atoms with Crippen LogP contribution in [-0.2, 0) is 22.6 Å². The van der Waals surface area contributed by atoms with Crippen LogP contribution in [0.25, 0.3) is 0 Å². The molecule has 0 aliphatic rings. The molecule has 3 aromatic rings. The predicted octanol–water partition coefficient (Wildman–Crippen LogP) is 4.77. The minimum Gasteiger partial charge on any atom is -0.497 e. The van der Waals surface area contributed by atoms with Crippen LogP contribution in [0.15, 0.2) is 66.9 Å². The Hall–Kier alpha value is -3.58. The van der Waals surface area contributed by atoms with Crippen molar-refractivity contribution in [2.75, 3.05) is 33.9 Å². The van der Waals surface area contributed by atoms with Crippen molar-refractivity contribution in [2.45, 2.75) is 46.3 Å². The molecule has 3 rings (SSSR count). The van der Waals surface area contributed by atoms with Crippen molar-refractivity contribution >= 4 is 11.8 Å². The first-order valence-electron chi connectivity index (χ1n) is 12.5. The third-order valence-electron chi connectivity index (χ3n) is 6.29. The van der Waals surface area contributed by atoms with Crippen LogP contribution in [0.4, 0.5) is 0 Å². The van der Waals surface area contributed by atoms with E-state index in [2.05, 4.69) is 35.8 Å². The molecule has 0 unspecified atom stereocenters. The molecule has 0 saturated heterocycles. The zero-order valence-corrected chi connectivity index (χ0v) is 22.9. The Bertz CT molecular complexity index is 1200. The molecule has 198 valence electrons. The molecule has 2 aromatic carbocycles. The van der Waals surface area contributed by atoms with Gasteiger partial charge in [0.15, 0.2) is 0 Å². The van der Waals surface area contributed by atoms with E-state index in [-0.39, 0.29) is 18.4 Å². The zero-order chi connectivity index (χ0) is 27.0. The largest absolute Gasteiger partial charge is 0.497 e. The highest BCUT2D eigenvalue weighted by atomic mass is 16.5. The standard InChI is InChI=1S/C30H39N3O4/c1-23-10-7-11-24(18-23)20-31-15-9-13-26(31)21-33(30(2,3)4)28(34)22-32(16-17-36-5)29(35)25-12-8-14-27(19-25)37-6/h7-15,18-19H,16-17,20-22H2,1-6H3. The second-order valence-corrected chi connectivity index (χ2v) is 10.2. The molecular formula is C30H39N3O4. The third-order valence-corrected chi connectivity index (χ3v) is 6.29. The van der Waals surface area contributed by atoms with Crippen LogP contribution in [0.5, 0.6) is 5.75 Å². The molecule has 0 atom stereocenters. The molecule has 0 aliphatic heterocycles. The normalized spacial score (nSPS) is 11.3. The van der Waals surface area contributed by atoms with Gasteiger partial charge in [-0.2, -0.15) is 0 Å². The summed E-state index contributed by atoms with van der Waals surface area (Å²) in [4.78, 5) is 30.5. The van der Waals surface area contributed by atoms with Gasteiger partial charge in [-0.1, -0.05) is 35.9 Å². The highest BCUT2D eigenvalue weighted by Crippen LogP contribution is 2.21. The lowest BCUT2D eigenvalue weighted by molar-refractivity contribution is -0.137. The molecule has 0 bridgehead atoms. The Morgan fingerprint density at radius 2 is 1.73 bits per heavy atom. The molecule has 0 spiro atoms.